The standard InChI is InChI=1S/C52H46B2N2O5/c1-49(2)50(3,4)59-53(58-49)47-43-21-13-9-17-37(43)41(38-18-10-14-22-44(38)47)27-25-35-29-33(34(31-55)32-56)30-36(57-35)26-28-42-39-19-11-15-23-45(39)48(46-24-16-12-20-40(42)46)54-60-51(5,6)52(7,8)61-54/h9-30H,1-8H3/b27-25+,28-26+. The van der Waals surface area contributed by atoms with E-state index in [1.807, 2.05) is 72.8 Å². The van der Waals surface area contributed by atoms with Gasteiger partial charge in [-0.3, -0.25) is 0 Å². The van der Waals surface area contributed by atoms with Crippen LogP contribution in [0, 0.1) is 22.7 Å². The highest BCUT2D eigenvalue weighted by Crippen LogP contribution is 2.41. The normalized spacial score (nSPS) is 19.1. The van der Waals surface area contributed by atoms with Gasteiger partial charge in [-0.25, -0.2) is 0 Å². The van der Waals surface area contributed by atoms with Crippen LogP contribution in [0.5, 0.6) is 0 Å². The van der Waals surface area contributed by atoms with Gasteiger partial charge in [0.1, 0.15) is 29.2 Å². The van der Waals surface area contributed by atoms with Crippen molar-refractivity contribution in [2.45, 2.75) is 77.8 Å². The number of benzene rings is 6. The maximum atomic E-state index is 9.99. The van der Waals surface area contributed by atoms with E-state index in [1.165, 1.54) is 0 Å². The molecular weight excluding hydrogens is 754 g/mol. The second-order valence-corrected chi connectivity index (χ2v) is 17.9. The van der Waals surface area contributed by atoms with E-state index in [2.05, 4.69) is 116 Å². The zero-order valence-electron chi connectivity index (χ0n) is 35.8. The van der Waals surface area contributed by atoms with E-state index in [9.17, 15) is 10.5 Å². The van der Waals surface area contributed by atoms with Crippen molar-refractivity contribution in [1.82, 2.24) is 0 Å². The van der Waals surface area contributed by atoms with Gasteiger partial charge in [0.2, 0.25) is 0 Å². The molecule has 0 radical (unpaired) electrons. The fourth-order valence-corrected chi connectivity index (χ4v) is 8.52. The van der Waals surface area contributed by atoms with Crippen LogP contribution in [0.15, 0.2) is 144 Å². The van der Waals surface area contributed by atoms with Crippen molar-refractivity contribution < 1.29 is 23.4 Å². The van der Waals surface area contributed by atoms with Gasteiger partial charge in [0.15, 0.2) is 0 Å². The molecule has 9 rings (SSSR count). The molecule has 2 fully saturated rings. The van der Waals surface area contributed by atoms with E-state index >= 15 is 0 Å². The Morgan fingerprint density at radius 2 is 0.721 bits per heavy atom. The zero-order chi connectivity index (χ0) is 42.9. The molecule has 3 aliphatic heterocycles. The lowest BCUT2D eigenvalue weighted by molar-refractivity contribution is 0.00578. The molecule has 6 aromatic carbocycles. The first kappa shape index (κ1) is 40.2. The number of nitriles is 2. The first-order chi connectivity index (χ1) is 29.1. The second kappa shape index (κ2) is 14.8. The van der Waals surface area contributed by atoms with E-state index in [0.29, 0.717) is 17.1 Å². The largest absolute Gasteiger partial charge is 0.496 e. The summed E-state index contributed by atoms with van der Waals surface area (Å²) < 4.78 is 33.1. The molecule has 300 valence electrons. The molecule has 0 aliphatic carbocycles. The van der Waals surface area contributed by atoms with Crippen LogP contribution >= 0.6 is 0 Å². The zero-order valence-corrected chi connectivity index (χ0v) is 35.8. The Balaban J connectivity index is 1.12. The molecule has 7 nitrogen and oxygen atoms in total. The fourth-order valence-electron chi connectivity index (χ4n) is 8.52. The quantitative estimate of drug-likeness (QED) is 0.0941. The van der Waals surface area contributed by atoms with Crippen molar-refractivity contribution in [3.63, 3.8) is 0 Å². The number of nitrogens with zero attached hydrogens (tertiary/aromatic N) is 2. The lowest BCUT2D eigenvalue weighted by Gasteiger charge is -2.32. The maximum absolute atomic E-state index is 9.99. The summed E-state index contributed by atoms with van der Waals surface area (Å²) in [7, 11) is -1.11. The van der Waals surface area contributed by atoms with Crippen LogP contribution in [-0.4, -0.2) is 36.6 Å². The predicted octanol–water partition coefficient (Wildman–Crippen LogP) is 10.8. The first-order valence-corrected chi connectivity index (χ1v) is 20.7. The minimum absolute atomic E-state index is 0.00886. The van der Waals surface area contributed by atoms with Gasteiger partial charge < -0.3 is 23.4 Å². The van der Waals surface area contributed by atoms with Crippen molar-refractivity contribution in [2.24, 2.45) is 0 Å². The number of hydrogen-bond donors (Lipinski definition) is 0. The number of hydrogen-bond acceptors (Lipinski definition) is 7. The smallest absolute Gasteiger partial charge is 0.457 e. The maximum Gasteiger partial charge on any atom is 0.496 e. The third-order valence-corrected chi connectivity index (χ3v) is 13.2. The Bertz CT molecular complexity index is 2720. The van der Waals surface area contributed by atoms with Crippen LogP contribution in [0.4, 0.5) is 0 Å². The molecule has 6 aromatic rings. The average molecular weight is 801 g/mol. The summed E-state index contributed by atoms with van der Waals surface area (Å²) >= 11 is 0. The highest BCUT2D eigenvalue weighted by molar-refractivity contribution is 6.69. The summed E-state index contributed by atoms with van der Waals surface area (Å²) in [6, 6.07) is 37.3. The second-order valence-electron chi connectivity index (χ2n) is 17.9. The molecule has 0 bridgehead atoms. The molecule has 2 saturated heterocycles. The van der Waals surface area contributed by atoms with Crippen LogP contribution in [0.2, 0.25) is 0 Å². The van der Waals surface area contributed by atoms with E-state index in [4.69, 9.17) is 23.4 Å². The van der Waals surface area contributed by atoms with Gasteiger partial charge in [0.05, 0.1) is 22.4 Å². The molecule has 9 heteroatoms. The highest BCUT2D eigenvalue weighted by Gasteiger charge is 2.53. The highest BCUT2D eigenvalue weighted by atomic mass is 16.7. The van der Waals surface area contributed by atoms with Crippen molar-refractivity contribution in [2.75, 3.05) is 0 Å². The Kier molecular flexibility index (Phi) is 9.74. The van der Waals surface area contributed by atoms with Crippen molar-refractivity contribution in [1.29, 1.82) is 10.5 Å². The van der Waals surface area contributed by atoms with Crippen LogP contribution in [0.1, 0.15) is 66.5 Å². The van der Waals surface area contributed by atoms with E-state index in [-0.39, 0.29) is 5.57 Å². The van der Waals surface area contributed by atoms with Gasteiger partial charge in [-0.2, -0.15) is 10.5 Å². The van der Waals surface area contributed by atoms with Gasteiger partial charge >= 0.3 is 14.2 Å². The molecule has 0 unspecified atom stereocenters. The SMILES string of the molecule is CC1(C)OB(c2c3ccccc3c(/C=C/C3=CC(=C(C#N)C#N)C=C(/C=C/c4c5ccccc5c(B5OC(C)(C)C(C)(C)O5)c5ccccc45)O3)c3ccccc23)OC1(C)C. The van der Waals surface area contributed by atoms with Gasteiger partial charge in [-0.1, -0.05) is 109 Å². The van der Waals surface area contributed by atoms with Gasteiger partial charge in [-0.15, -0.1) is 0 Å². The number of fused-ring (bicyclic) bond motifs is 4. The Labute approximate surface area is 358 Å². The van der Waals surface area contributed by atoms with Crippen molar-refractivity contribution >= 4 is 80.4 Å². The molecule has 0 spiro atoms. The molecule has 3 aliphatic rings. The minimum Gasteiger partial charge on any atom is -0.457 e. The molecular formula is C52H46B2N2O5. The summed E-state index contributed by atoms with van der Waals surface area (Å²) in [6.07, 6.45) is 11.4. The molecule has 0 amide bonds. The lowest BCUT2D eigenvalue weighted by atomic mass is 9.72. The molecule has 0 saturated carbocycles. The van der Waals surface area contributed by atoms with Gasteiger partial charge in [0.25, 0.3) is 0 Å². The molecule has 0 N–H and O–H groups in total. The summed E-state index contributed by atoms with van der Waals surface area (Å²) in [5.74, 6) is 0.961. The Morgan fingerprint density at radius 3 is 1.00 bits per heavy atom. The topological polar surface area (TPSA) is 93.7 Å². The van der Waals surface area contributed by atoms with Crippen LogP contribution < -0.4 is 10.9 Å². The fraction of sp³-hybridized carbons (Fsp3) is 0.231. The number of rotatable bonds is 6. The molecule has 0 atom stereocenters. The lowest BCUT2D eigenvalue weighted by Crippen LogP contribution is -2.41. The summed E-state index contributed by atoms with van der Waals surface area (Å²) in [4.78, 5) is 0. The third-order valence-electron chi connectivity index (χ3n) is 13.2. The molecule has 61 heavy (non-hydrogen) atoms. The number of allylic oxidation sites excluding steroid dienone is 6. The Hall–Kier alpha value is -6.19. The molecule has 3 heterocycles. The van der Waals surface area contributed by atoms with Crippen molar-refractivity contribution in [3.8, 4) is 12.1 Å². The van der Waals surface area contributed by atoms with Crippen LogP contribution in [0.3, 0.4) is 0 Å². The van der Waals surface area contributed by atoms with Gasteiger partial charge in [0, 0.05) is 5.57 Å². The van der Waals surface area contributed by atoms with E-state index < -0.39 is 36.6 Å². The van der Waals surface area contributed by atoms with Crippen LogP contribution in [-0.2, 0) is 23.4 Å². The predicted molar refractivity (Wildman–Crippen MR) is 248 cm³/mol. The van der Waals surface area contributed by atoms with Gasteiger partial charge in [-0.05, 0) is 145 Å². The van der Waals surface area contributed by atoms with E-state index in [1.54, 1.807) is 12.2 Å². The average Bonchev–Trinajstić information content (AvgIpc) is 3.59. The summed E-state index contributed by atoms with van der Waals surface area (Å²) in [6.45, 7) is 16.6. The van der Waals surface area contributed by atoms with Crippen LogP contribution in [0.25, 0.3) is 55.2 Å². The summed E-state index contributed by atoms with van der Waals surface area (Å²) in [5.41, 5.74) is 2.42. The van der Waals surface area contributed by atoms with Crippen molar-refractivity contribution in [3.05, 3.63) is 155 Å². The Morgan fingerprint density at radius 1 is 0.443 bits per heavy atom. The minimum atomic E-state index is -0.557. The first-order valence-electron chi connectivity index (χ1n) is 20.7. The molecule has 0 aromatic heterocycles. The van der Waals surface area contributed by atoms with E-state index in [0.717, 1.165) is 65.1 Å². The summed E-state index contributed by atoms with van der Waals surface area (Å²) in [5, 5.41) is 28.2. The number of ether oxygens (including phenoxy) is 1. The monoisotopic (exact) mass is 800 g/mol. The third kappa shape index (κ3) is 6.79.